The van der Waals surface area contributed by atoms with Crippen LogP contribution >= 0.6 is 0 Å². The van der Waals surface area contributed by atoms with Crippen molar-refractivity contribution in [1.29, 1.82) is 0 Å². The van der Waals surface area contributed by atoms with Gasteiger partial charge in [0.25, 0.3) is 5.91 Å². The van der Waals surface area contributed by atoms with Gasteiger partial charge in [0.1, 0.15) is 11.6 Å². The molecule has 122 valence electrons. The monoisotopic (exact) mass is 312 g/mol. The van der Waals surface area contributed by atoms with Crippen LogP contribution in [0.5, 0.6) is 0 Å². The number of carbonyl (C=O) groups is 4. The second-order valence-electron chi connectivity index (χ2n) is 6.37. The first-order valence-electron chi connectivity index (χ1n) is 7.21. The molecule has 2 atom stereocenters. The molecule has 0 aliphatic carbocycles. The Bertz CT molecular complexity index is 510. The van der Waals surface area contributed by atoms with Gasteiger partial charge in [0.2, 0.25) is 5.91 Å². The summed E-state index contributed by atoms with van der Waals surface area (Å²) in [4.78, 5) is 48.1. The normalized spacial score (nSPS) is 25.1. The van der Waals surface area contributed by atoms with Gasteiger partial charge in [0.05, 0.1) is 6.42 Å². The van der Waals surface area contributed by atoms with Gasteiger partial charge >= 0.3 is 12.1 Å². The molecule has 2 saturated heterocycles. The molecule has 1 N–H and O–H groups in total. The number of rotatable bonds is 2. The Kier molecular flexibility index (Phi) is 4.39. The molecule has 22 heavy (non-hydrogen) atoms. The average Bonchev–Trinajstić information content (AvgIpc) is 2.94. The average molecular weight is 312 g/mol. The fraction of sp³-hybridized carbons (Fsp3) is 0.714. The molecule has 2 aliphatic heterocycles. The lowest BCUT2D eigenvalue weighted by Crippen LogP contribution is -2.45. The summed E-state index contributed by atoms with van der Waals surface area (Å²) >= 11 is 0. The highest BCUT2D eigenvalue weighted by molar-refractivity contribution is 6.05. The van der Waals surface area contributed by atoms with Crippen molar-refractivity contribution in [2.75, 3.05) is 6.54 Å². The zero-order valence-electron chi connectivity index (χ0n) is 12.9. The molecule has 0 saturated carbocycles. The van der Waals surface area contributed by atoms with Gasteiger partial charge in [-0.15, -0.1) is 0 Å². The van der Waals surface area contributed by atoms with Crippen LogP contribution < -0.4 is 5.32 Å². The lowest BCUT2D eigenvalue weighted by Gasteiger charge is -2.27. The number of likely N-dealkylation sites (tertiary alicyclic amines) is 1. The Morgan fingerprint density at radius 3 is 2.50 bits per heavy atom. The third-order valence-electron chi connectivity index (χ3n) is 3.34. The van der Waals surface area contributed by atoms with E-state index in [9.17, 15) is 19.2 Å². The summed E-state index contributed by atoms with van der Waals surface area (Å²) in [6.45, 7) is 5.61. The highest BCUT2D eigenvalue weighted by atomic mass is 16.6. The van der Waals surface area contributed by atoms with E-state index in [1.54, 1.807) is 20.8 Å². The summed E-state index contributed by atoms with van der Waals surface area (Å²) in [7, 11) is 0. The zero-order valence-corrected chi connectivity index (χ0v) is 12.9. The molecule has 0 radical (unpaired) electrons. The summed E-state index contributed by atoms with van der Waals surface area (Å²) < 4.78 is 10.3. The van der Waals surface area contributed by atoms with Gasteiger partial charge in [0.15, 0.2) is 6.10 Å². The van der Waals surface area contributed by atoms with Gasteiger partial charge in [-0.3, -0.25) is 19.8 Å². The van der Waals surface area contributed by atoms with Crippen LogP contribution in [-0.4, -0.2) is 53.1 Å². The first kappa shape index (κ1) is 16.3. The Morgan fingerprint density at radius 1 is 1.27 bits per heavy atom. The molecule has 2 heterocycles. The van der Waals surface area contributed by atoms with Crippen molar-refractivity contribution in [3.63, 3.8) is 0 Å². The highest BCUT2D eigenvalue weighted by Crippen LogP contribution is 2.23. The highest BCUT2D eigenvalue weighted by Gasteiger charge is 2.41. The minimum atomic E-state index is -1.11. The van der Waals surface area contributed by atoms with Crippen molar-refractivity contribution in [2.45, 2.75) is 57.8 Å². The van der Waals surface area contributed by atoms with E-state index < -0.39 is 41.6 Å². The maximum atomic E-state index is 12.2. The number of hydrogen-bond donors (Lipinski definition) is 1. The maximum absolute atomic E-state index is 12.2. The quantitative estimate of drug-likeness (QED) is 0.583. The van der Waals surface area contributed by atoms with Crippen molar-refractivity contribution >= 4 is 23.9 Å². The molecule has 8 nitrogen and oxygen atoms in total. The number of nitrogens with zero attached hydrogens (tertiary/aromatic N) is 1. The molecule has 3 amide bonds. The summed E-state index contributed by atoms with van der Waals surface area (Å²) in [5.74, 6) is -1.78. The smallest absolute Gasteiger partial charge is 0.411 e. The van der Waals surface area contributed by atoms with Crippen LogP contribution in [0.3, 0.4) is 0 Å². The number of nitrogens with one attached hydrogen (secondary N) is 1. The van der Waals surface area contributed by atoms with Gasteiger partial charge in [-0.1, -0.05) is 0 Å². The van der Waals surface area contributed by atoms with Gasteiger partial charge in [0, 0.05) is 6.54 Å². The first-order valence-corrected chi connectivity index (χ1v) is 7.21. The number of carbonyl (C=O) groups excluding carboxylic acids is 4. The molecule has 0 aromatic rings. The first-order chi connectivity index (χ1) is 10.2. The fourth-order valence-electron chi connectivity index (χ4n) is 2.39. The van der Waals surface area contributed by atoms with Gasteiger partial charge in [-0.25, -0.2) is 9.59 Å². The Balaban J connectivity index is 1.98. The predicted molar refractivity (Wildman–Crippen MR) is 73.6 cm³/mol. The summed E-state index contributed by atoms with van der Waals surface area (Å²) in [5, 5.41) is 2.07. The molecule has 0 aromatic carbocycles. The minimum absolute atomic E-state index is 0.177. The number of ether oxygens (including phenoxy) is 2. The van der Waals surface area contributed by atoms with Gasteiger partial charge in [-0.2, -0.15) is 0 Å². The molecule has 0 spiro atoms. The van der Waals surface area contributed by atoms with Crippen molar-refractivity contribution in [3.8, 4) is 0 Å². The van der Waals surface area contributed by atoms with Crippen LogP contribution in [0.2, 0.25) is 0 Å². The van der Waals surface area contributed by atoms with E-state index in [1.165, 1.54) is 4.90 Å². The van der Waals surface area contributed by atoms with Crippen LogP contribution in [0.25, 0.3) is 0 Å². The largest absolute Gasteiger partial charge is 0.450 e. The van der Waals surface area contributed by atoms with E-state index in [0.29, 0.717) is 19.4 Å². The molecule has 8 heteroatoms. The zero-order chi connectivity index (χ0) is 16.5. The van der Waals surface area contributed by atoms with Crippen molar-refractivity contribution in [1.82, 2.24) is 10.2 Å². The third-order valence-corrected chi connectivity index (χ3v) is 3.34. The summed E-state index contributed by atoms with van der Waals surface area (Å²) in [6, 6.07) is -0.779. The van der Waals surface area contributed by atoms with Crippen LogP contribution in [0.1, 0.15) is 40.0 Å². The van der Waals surface area contributed by atoms with E-state index in [4.69, 9.17) is 9.47 Å². The third kappa shape index (κ3) is 3.75. The molecule has 0 bridgehead atoms. The summed E-state index contributed by atoms with van der Waals surface area (Å²) in [5.41, 5.74) is -0.661. The molecule has 2 fully saturated rings. The molecule has 0 aromatic heterocycles. The number of imide groups is 1. The van der Waals surface area contributed by atoms with Gasteiger partial charge in [-0.05, 0) is 33.6 Å². The van der Waals surface area contributed by atoms with E-state index in [1.807, 2.05) is 0 Å². The Morgan fingerprint density at radius 2 is 1.95 bits per heavy atom. The second-order valence-corrected chi connectivity index (χ2v) is 6.37. The van der Waals surface area contributed by atoms with Crippen LogP contribution in [-0.2, 0) is 23.9 Å². The Hall–Kier alpha value is -2.12. The van der Waals surface area contributed by atoms with E-state index in [2.05, 4.69) is 5.32 Å². The summed E-state index contributed by atoms with van der Waals surface area (Å²) in [6.07, 6.45) is -0.779. The van der Waals surface area contributed by atoms with Crippen LogP contribution in [0.15, 0.2) is 0 Å². The van der Waals surface area contributed by atoms with Crippen LogP contribution in [0.4, 0.5) is 4.79 Å². The number of esters is 1. The molecular weight excluding hydrogens is 292 g/mol. The van der Waals surface area contributed by atoms with Crippen LogP contribution in [0, 0.1) is 0 Å². The van der Waals surface area contributed by atoms with E-state index in [0.717, 1.165) is 0 Å². The minimum Gasteiger partial charge on any atom is -0.450 e. The van der Waals surface area contributed by atoms with E-state index in [-0.39, 0.29) is 6.42 Å². The SMILES string of the molecule is CC(C)(C)OC(=O)N1CCC[C@@H]1C(=O)O[C@H]1CC(=O)NC1=O. The standard InChI is InChI=1S/C14H20N2O6/c1-14(2,3)22-13(20)16-6-4-5-8(16)12(19)21-9-7-10(17)15-11(9)18/h8-9H,4-7H2,1-3H3,(H,15,17,18)/t8-,9+/m1/s1. The lowest BCUT2D eigenvalue weighted by molar-refractivity contribution is -0.158. The van der Waals surface area contributed by atoms with Crippen molar-refractivity contribution in [2.24, 2.45) is 0 Å². The van der Waals surface area contributed by atoms with Crippen molar-refractivity contribution < 1.29 is 28.7 Å². The topological polar surface area (TPSA) is 102 Å². The number of hydrogen-bond acceptors (Lipinski definition) is 6. The van der Waals surface area contributed by atoms with Gasteiger partial charge < -0.3 is 9.47 Å². The van der Waals surface area contributed by atoms with Crippen molar-refractivity contribution in [3.05, 3.63) is 0 Å². The Labute approximate surface area is 128 Å². The number of amides is 3. The molecule has 0 unspecified atom stereocenters. The maximum Gasteiger partial charge on any atom is 0.411 e. The predicted octanol–water partition coefficient (Wildman–Crippen LogP) is 0.344. The lowest BCUT2D eigenvalue weighted by atomic mass is 10.2. The molecular formula is C14H20N2O6. The molecule has 2 rings (SSSR count). The molecule has 2 aliphatic rings. The second kappa shape index (κ2) is 5.94. The van der Waals surface area contributed by atoms with E-state index >= 15 is 0 Å². The fourth-order valence-corrected chi connectivity index (χ4v) is 2.39.